The fourth-order valence-corrected chi connectivity index (χ4v) is 2.28. The van der Waals surface area contributed by atoms with Gasteiger partial charge in [0.15, 0.2) is 0 Å². The molecule has 2 amide bonds. The molecule has 0 spiro atoms. The summed E-state index contributed by atoms with van der Waals surface area (Å²) in [5, 5.41) is 11.3. The summed E-state index contributed by atoms with van der Waals surface area (Å²) in [5.74, 6) is 0. The van der Waals surface area contributed by atoms with Crippen molar-refractivity contribution in [3.63, 3.8) is 0 Å². The molecule has 1 saturated heterocycles. The number of urea groups is 1. The number of halogens is 3. The molecule has 1 aromatic carbocycles. The monoisotopic (exact) mass is 288 g/mol. The van der Waals surface area contributed by atoms with Gasteiger partial charge in [-0.3, -0.25) is 0 Å². The third kappa shape index (κ3) is 3.04. The van der Waals surface area contributed by atoms with E-state index in [9.17, 15) is 18.0 Å². The highest BCUT2D eigenvalue weighted by Gasteiger charge is 2.38. The summed E-state index contributed by atoms with van der Waals surface area (Å²) in [6.45, 7) is 0.437. The molecule has 2 N–H and O–H groups in total. The first-order valence-corrected chi connectivity index (χ1v) is 6.26. The number of benzene rings is 1. The number of aliphatic hydroxyl groups excluding tert-OH is 1. The Balaban J connectivity index is 2.20. The summed E-state index contributed by atoms with van der Waals surface area (Å²) in [6, 6.07) is 4.15. The van der Waals surface area contributed by atoms with Crippen molar-refractivity contribution in [2.24, 2.45) is 0 Å². The Kier molecular flexibility index (Phi) is 4.17. The number of alkyl halides is 3. The highest BCUT2D eigenvalue weighted by molar-refractivity contribution is 5.77. The molecule has 0 aliphatic carbocycles. The molecule has 4 nitrogen and oxygen atoms in total. The third-order valence-electron chi connectivity index (χ3n) is 3.22. The fourth-order valence-electron chi connectivity index (χ4n) is 2.28. The zero-order valence-electron chi connectivity index (χ0n) is 10.7. The molecule has 1 aliphatic rings. The Bertz CT molecular complexity index is 491. The normalized spacial score (nSPS) is 19.3. The zero-order valence-corrected chi connectivity index (χ0v) is 10.7. The fraction of sp³-hybridized carbons (Fsp3) is 0.462. The van der Waals surface area contributed by atoms with Gasteiger partial charge in [-0.1, -0.05) is 18.2 Å². The van der Waals surface area contributed by atoms with Crippen LogP contribution >= 0.6 is 0 Å². The second-order valence-corrected chi connectivity index (χ2v) is 4.61. The van der Waals surface area contributed by atoms with E-state index in [1.807, 2.05) is 0 Å². The third-order valence-corrected chi connectivity index (χ3v) is 3.22. The molecular formula is C13H15F3N2O2. The van der Waals surface area contributed by atoms with Crippen LogP contribution in [-0.2, 0) is 6.18 Å². The van der Waals surface area contributed by atoms with Crippen LogP contribution in [0.25, 0.3) is 0 Å². The molecule has 20 heavy (non-hydrogen) atoms. The maximum absolute atomic E-state index is 12.9. The number of aliphatic hydroxyl groups is 1. The Morgan fingerprint density at radius 3 is 2.70 bits per heavy atom. The summed E-state index contributed by atoms with van der Waals surface area (Å²) in [6.07, 6.45) is -4.04. The molecule has 1 heterocycles. The van der Waals surface area contributed by atoms with Crippen LogP contribution in [-0.4, -0.2) is 35.7 Å². The molecule has 1 atom stereocenters. The van der Waals surface area contributed by atoms with Gasteiger partial charge in [-0.15, -0.1) is 0 Å². The summed E-state index contributed by atoms with van der Waals surface area (Å²) >= 11 is 0. The van der Waals surface area contributed by atoms with Crippen LogP contribution in [0.2, 0.25) is 0 Å². The molecule has 7 heteroatoms. The predicted octanol–water partition coefficient (Wildman–Crippen LogP) is 2.15. The van der Waals surface area contributed by atoms with Gasteiger partial charge in [0, 0.05) is 19.7 Å². The molecule has 0 radical (unpaired) electrons. The zero-order chi connectivity index (χ0) is 14.8. The van der Waals surface area contributed by atoms with Gasteiger partial charge in [0.05, 0.1) is 11.6 Å². The van der Waals surface area contributed by atoms with Crippen molar-refractivity contribution >= 4 is 6.03 Å². The lowest BCUT2D eigenvalue weighted by Crippen LogP contribution is -2.29. The summed E-state index contributed by atoms with van der Waals surface area (Å²) in [4.78, 5) is 13.1. The van der Waals surface area contributed by atoms with Crippen molar-refractivity contribution in [1.82, 2.24) is 10.2 Å². The number of hydrogen-bond acceptors (Lipinski definition) is 2. The Morgan fingerprint density at radius 1 is 1.35 bits per heavy atom. The number of amides is 2. The van der Waals surface area contributed by atoms with Gasteiger partial charge >= 0.3 is 12.2 Å². The quantitative estimate of drug-likeness (QED) is 0.892. The second-order valence-electron chi connectivity index (χ2n) is 4.61. The standard InChI is InChI=1S/C13H15F3N2O2/c14-13(15,16)10-5-2-1-4-9(10)11-8-18(6-3-7-19)12(20)17-11/h1-2,4-5,11,19H,3,6-8H2,(H,17,20). The van der Waals surface area contributed by atoms with Crippen molar-refractivity contribution in [2.75, 3.05) is 19.7 Å². The molecule has 0 bridgehead atoms. The Hall–Kier alpha value is -1.76. The topological polar surface area (TPSA) is 52.6 Å². The van der Waals surface area contributed by atoms with E-state index in [2.05, 4.69) is 5.32 Å². The molecule has 0 saturated carbocycles. The lowest BCUT2D eigenvalue weighted by atomic mass is 10.0. The smallest absolute Gasteiger partial charge is 0.396 e. The summed E-state index contributed by atoms with van der Waals surface area (Å²) < 4.78 is 38.8. The van der Waals surface area contributed by atoms with Crippen LogP contribution in [0.4, 0.5) is 18.0 Å². The summed E-state index contributed by atoms with van der Waals surface area (Å²) in [5.41, 5.74) is -0.658. The highest BCUT2D eigenvalue weighted by Crippen LogP contribution is 2.35. The van der Waals surface area contributed by atoms with E-state index < -0.39 is 23.8 Å². The van der Waals surface area contributed by atoms with Gasteiger partial charge in [-0.05, 0) is 18.1 Å². The van der Waals surface area contributed by atoms with Crippen LogP contribution in [0, 0.1) is 0 Å². The van der Waals surface area contributed by atoms with Crippen LogP contribution < -0.4 is 5.32 Å². The van der Waals surface area contributed by atoms with Crippen molar-refractivity contribution in [1.29, 1.82) is 0 Å². The Labute approximate surface area is 114 Å². The molecule has 1 fully saturated rings. The van der Waals surface area contributed by atoms with Gasteiger partial charge in [0.25, 0.3) is 0 Å². The van der Waals surface area contributed by atoms with E-state index in [0.717, 1.165) is 6.07 Å². The molecular weight excluding hydrogens is 273 g/mol. The maximum atomic E-state index is 12.9. The van der Waals surface area contributed by atoms with E-state index in [0.29, 0.717) is 13.0 Å². The van der Waals surface area contributed by atoms with Crippen molar-refractivity contribution in [3.8, 4) is 0 Å². The van der Waals surface area contributed by atoms with Crippen LogP contribution in [0.1, 0.15) is 23.6 Å². The lowest BCUT2D eigenvalue weighted by Gasteiger charge is -2.17. The highest BCUT2D eigenvalue weighted by atomic mass is 19.4. The molecule has 110 valence electrons. The average Bonchev–Trinajstić information content (AvgIpc) is 2.77. The minimum Gasteiger partial charge on any atom is -0.396 e. The molecule has 0 aromatic heterocycles. The van der Waals surface area contributed by atoms with Crippen molar-refractivity contribution in [3.05, 3.63) is 35.4 Å². The van der Waals surface area contributed by atoms with Crippen LogP contribution in [0.3, 0.4) is 0 Å². The van der Waals surface area contributed by atoms with E-state index in [-0.39, 0.29) is 18.7 Å². The first-order valence-electron chi connectivity index (χ1n) is 6.26. The largest absolute Gasteiger partial charge is 0.416 e. The number of nitrogens with zero attached hydrogens (tertiary/aromatic N) is 1. The van der Waals surface area contributed by atoms with Crippen molar-refractivity contribution < 1.29 is 23.1 Å². The molecule has 2 rings (SSSR count). The van der Waals surface area contributed by atoms with Gasteiger partial charge in [0.2, 0.25) is 0 Å². The number of rotatable bonds is 4. The van der Waals surface area contributed by atoms with E-state index in [1.165, 1.54) is 23.1 Å². The first-order chi connectivity index (χ1) is 9.43. The SMILES string of the molecule is O=C1NC(c2ccccc2C(F)(F)F)CN1CCCO. The van der Waals surface area contributed by atoms with Gasteiger partial charge in [0.1, 0.15) is 0 Å². The molecule has 1 aromatic rings. The van der Waals surface area contributed by atoms with Crippen LogP contribution in [0.15, 0.2) is 24.3 Å². The average molecular weight is 288 g/mol. The minimum atomic E-state index is -4.44. The minimum absolute atomic E-state index is 0.0619. The van der Waals surface area contributed by atoms with E-state index in [1.54, 1.807) is 0 Å². The van der Waals surface area contributed by atoms with Crippen molar-refractivity contribution in [2.45, 2.75) is 18.6 Å². The predicted molar refractivity (Wildman–Crippen MR) is 66.0 cm³/mol. The van der Waals surface area contributed by atoms with E-state index in [4.69, 9.17) is 5.11 Å². The maximum Gasteiger partial charge on any atom is 0.416 e. The first kappa shape index (κ1) is 14.6. The number of carbonyl (C=O) groups excluding carboxylic acids is 1. The van der Waals surface area contributed by atoms with E-state index >= 15 is 0 Å². The molecule has 1 unspecified atom stereocenters. The number of nitrogens with one attached hydrogen (secondary N) is 1. The van der Waals surface area contributed by atoms with Crippen LogP contribution in [0.5, 0.6) is 0 Å². The molecule has 1 aliphatic heterocycles. The van der Waals surface area contributed by atoms with Gasteiger partial charge in [-0.25, -0.2) is 4.79 Å². The number of carbonyl (C=O) groups is 1. The van der Waals surface area contributed by atoms with Gasteiger partial charge in [-0.2, -0.15) is 13.2 Å². The Morgan fingerprint density at radius 2 is 2.05 bits per heavy atom. The number of hydrogen-bond donors (Lipinski definition) is 2. The second kappa shape index (κ2) is 5.70. The van der Waals surface area contributed by atoms with Gasteiger partial charge < -0.3 is 15.3 Å². The lowest BCUT2D eigenvalue weighted by molar-refractivity contribution is -0.138. The summed E-state index contributed by atoms with van der Waals surface area (Å²) in [7, 11) is 0.